The van der Waals surface area contributed by atoms with E-state index >= 15 is 0 Å². The molecule has 102 valence electrons. The van der Waals surface area contributed by atoms with Crippen molar-refractivity contribution in [2.24, 2.45) is 0 Å². The van der Waals surface area contributed by atoms with Crippen LogP contribution >= 0.6 is 22.9 Å². The van der Waals surface area contributed by atoms with Crippen LogP contribution in [0.15, 0.2) is 46.4 Å². The number of rotatable bonds is 3. The van der Waals surface area contributed by atoms with Gasteiger partial charge in [0.05, 0.1) is 15.6 Å². The summed E-state index contributed by atoms with van der Waals surface area (Å²) in [5.41, 5.74) is 2.21. The maximum absolute atomic E-state index is 10.2. The standard InChI is InChI=1S/C15H12ClNO2S/c1-9-4-2-5-10(13(9)16)17-11-8-19-15(14(11)18)12-6-3-7-20-12/h2-8,17-18H,1H3. The zero-order valence-electron chi connectivity index (χ0n) is 10.7. The van der Waals surface area contributed by atoms with Crippen molar-refractivity contribution in [1.29, 1.82) is 0 Å². The molecule has 3 rings (SSSR count). The summed E-state index contributed by atoms with van der Waals surface area (Å²) < 4.78 is 5.44. The molecule has 20 heavy (non-hydrogen) atoms. The summed E-state index contributed by atoms with van der Waals surface area (Å²) in [5, 5.41) is 15.9. The number of furan rings is 1. The van der Waals surface area contributed by atoms with Crippen LogP contribution in [0.2, 0.25) is 5.02 Å². The smallest absolute Gasteiger partial charge is 0.187 e. The Morgan fingerprint density at radius 2 is 2.05 bits per heavy atom. The van der Waals surface area contributed by atoms with Crippen LogP contribution in [-0.4, -0.2) is 5.11 Å². The molecule has 0 unspecified atom stereocenters. The van der Waals surface area contributed by atoms with Gasteiger partial charge in [0.2, 0.25) is 0 Å². The molecule has 0 saturated heterocycles. The van der Waals surface area contributed by atoms with E-state index in [-0.39, 0.29) is 5.75 Å². The minimum atomic E-state index is 0.0880. The van der Waals surface area contributed by atoms with Gasteiger partial charge < -0.3 is 14.8 Å². The molecule has 0 aliphatic rings. The molecular weight excluding hydrogens is 294 g/mol. The van der Waals surface area contributed by atoms with E-state index in [1.165, 1.54) is 17.6 Å². The Morgan fingerprint density at radius 1 is 1.20 bits per heavy atom. The normalized spacial score (nSPS) is 10.7. The first kappa shape index (κ1) is 13.1. The first-order valence-electron chi connectivity index (χ1n) is 6.03. The third-order valence-corrected chi connectivity index (χ3v) is 4.34. The van der Waals surface area contributed by atoms with E-state index in [0.717, 1.165) is 16.1 Å². The SMILES string of the molecule is Cc1cccc(Nc2coc(-c3cccs3)c2O)c1Cl. The molecule has 0 spiro atoms. The molecule has 0 fully saturated rings. The van der Waals surface area contributed by atoms with Gasteiger partial charge in [-0.25, -0.2) is 0 Å². The lowest BCUT2D eigenvalue weighted by Gasteiger charge is -2.08. The highest BCUT2D eigenvalue weighted by atomic mass is 35.5. The lowest BCUT2D eigenvalue weighted by Crippen LogP contribution is -1.91. The second-order valence-electron chi connectivity index (χ2n) is 4.37. The summed E-state index contributed by atoms with van der Waals surface area (Å²) in [5.74, 6) is 0.552. The lowest BCUT2D eigenvalue weighted by molar-refractivity contribution is 0.466. The van der Waals surface area contributed by atoms with Crippen LogP contribution in [0.4, 0.5) is 11.4 Å². The van der Waals surface area contributed by atoms with Crippen molar-refractivity contribution in [2.75, 3.05) is 5.32 Å². The van der Waals surface area contributed by atoms with Crippen LogP contribution in [0.25, 0.3) is 10.6 Å². The molecular formula is C15H12ClNO2S. The van der Waals surface area contributed by atoms with E-state index in [4.69, 9.17) is 16.0 Å². The molecule has 3 aromatic rings. The van der Waals surface area contributed by atoms with Gasteiger partial charge in [-0.15, -0.1) is 11.3 Å². The van der Waals surface area contributed by atoms with Crippen LogP contribution in [0.3, 0.4) is 0 Å². The van der Waals surface area contributed by atoms with Gasteiger partial charge >= 0.3 is 0 Å². The number of halogens is 1. The average Bonchev–Trinajstić information content (AvgIpc) is 3.06. The summed E-state index contributed by atoms with van der Waals surface area (Å²) in [7, 11) is 0. The molecule has 3 nitrogen and oxygen atoms in total. The molecule has 0 amide bonds. The van der Waals surface area contributed by atoms with Crippen molar-refractivity contribution in [1.82, 2.24) is 0 Å². The van der Waals surface area contributed by atoms with Crippen molar-refractivity contribution in [3.05, 3.63) is 52.6 Å². The Morgan fingerprint density at radius 3 is 2.80 bits per heavy atom. The summed E-state index contributed by atoms with van der Waals surface area (Å²) in [6.07, 6.45) is 1.49. The van der Waals surface area contributed by atoms with Gasteiger partial charge in [-0.2, -0.15) is 0 Å². The van der Waals surface area contributed by atoms with E-state index in [1.807, 2.05) is 42.6 Å². The topological polar surface area (TPSA) is 45.4 Å². The van der Waals surface area contributed by atoms with Gasteiger partial charge in [0.25, 0.3) is 0 Å². The van der Waals surface area contributed by atoms with Crippen molar-refractivity contribution in [3.63, 3.8) is 0 Å². The highest BCUT2D eigenvalue weighted by molar-refractivity contribution is 7.13. The van der Waals surface area contributed by atoms with Crippen molar-refractivity contribution < 1.29 is 9.52 Å². The minimum Gasteiger partial charge on any atom is -0.503 e. The molecule has 2 heterocycles. The monoisotopic (exact) mass is 305 g/mol. The van der Waals surface area contributed by atoms with Crippen LogP contribution in [0, 0.1) is 6.92 Å². The second kappa shape index (κ2) is 5.23. The van der Waals surface area contributed by atoms with Gasteiger partial charge in [-0.05, 0) is 30.0 Å². The third-order valence-electron chi connectivity index (χ3n) is 2.97. The van der Waals surface area contributed by atoms with Crippen LogP contribution in [0.1, 0.15) is 5.56 Å². The number of thiophene rings is 1. The fourth-order valence-corrected chi connectivity index (χ4v) is 2.80. The molecule has 5 heteroatoms. The Kier molecular flexibility index (Phi) is 3.42. The zero-order chi connectivity index (χ0) is 14.1. The lowest BCUT2D eigenvalue weighted by atomic mass is 10.2. The van der Waals surface area contributed by atoms with Gasteiger partial charge in [0.15, 0.2) is 11.5 Å². The maximum Gasteiger partial charge on any atom is 0.187 e. The summed E-state index contributed by atoms with van der Waals surface area (Å²) >= 11 is 7.74. The summed E-state index contributed by atoms with van der Waals surface area (Å²) in [6, 6.07) is 9.49. The van der Waals surface area contributed by atoms with Crippen molar-refractivity contribution >= 4 is 34.3 Å². The van der Waals surface area contributed by atoms with E-state index in [0.29, 0.717) is 16.5 Å². The molecule has 0 saturated carbocycles. The maximum atomic E-state index is 10.2. The summed E-state index contributed by atoms with van der Waals surface area (Å²) in [6.45, 7) is 1.93. The van der Waals surface area contributed by atoms with Crippen molar-refractivity contribution in [2.45, 2.75) is 6.92 Å². The molecule has 0 radical (unpaired) electrons. The number of nitrogens with one attached hydrogen (secondary N) is 1. The van der Waals surface area contributed by atoms with E-state index in [1.54, 1.807) is 0 Å². The first-order valence-corrected chi connectivity index (χ1v) is 7.29. The number of hydrogen-bond donors (Lipinski definition) is 2. The van der Waals surface area contributed by atoms with Gasteiger partial charge in [-0.3, -0.25) is 0 Å². The Balaban J connectivity index is 1.95. The number of hydrogen-bond acceptors (Lipinski definition) is 4. The average molecular weight is 306 g/mol. The summed E-state index contributed by atoms with van der Waals surface area (Å²) in [4.78, 5) is 0.880. The molecule has 0 atom stereocenters. The second-order valence-corrected chi connectivity index (χ2v) is 5.69. The largest absolute Gasteiger partial charge is 0.503 e. The molecule has 1 aromatic carbocycles. The Labute approximate surface area is 125 Å². The Bertz CT molecular complexity index is 734. The van der Waals surface area contributed by atoms with Gasteiger partial charge in [0, 0.05) is 0 Å². The zero-order valence-corrected chi connectivity index (χ0v) is 12.3. The number of aryl methyl sites for hydroxylation is 1. The van der Waals surface area contributed by atoms with Gasteiger partial charge in [0.1, 0.15) is 12.0 Å². The highest BCUT2D eigenvalue weighted by Crippen LogP contribution is 2.41. The first-order chi connectivity index (χ1) is 9.66. The third kappa shape index (κ3) is 2.28. The molecule has 0 aliphatic heterocycles. The van der Waals surface area contributed by atoms with Crippen LogP contribution in [0.5, 0.6) is 5.75 Å². The molecule has 2 aromatic heterocycles. The van der Waals surface area contributed by atoms with Gasteiger partial charge in [-0.1, -0.05) is 29.8 Å². The highest BCUT2D eigenvalue weighted by Gasteiger charge is 2.16. The fourth-order valence-electron chi connectivity index (χ4n) is 1.91. The molecule has 2 N–H and O–H groups in total. The van der Waals surface area contributed by atoms with E-state index < -0.39 is 0 Å². The van der Waals surface area contributed by atoms with E-state index in [9.17, 15) is 5.11 Å². The van der Waals surface area contributed by atoms with E-state index in [2.05, 4.69) is 5.32 Å². The van der Waals surface area contributed by atoms with Crippen molar-refractivity contribution in [3.8, 4) is 16.4 Å². The Hall–Kier alpha value is -1.91. The number of anilines is 2. The predicted octanol–water partition coefficient (Wildman–Crippen LogP) is 5.42. The molecule has 0 bridgehead atoms. The minimum absolute atomic E-state index is 0.0880. The number of benzene rings is 1. The molecule has 0 aliphatic carbocycles. The number of aromatic hydroxyl groups is 1. The quantitative estimate of drug-likeness (QED) is 0.679. The predicted molar refractivity (Wildman–Crippen MR) is 83.2 cm³/mol. The van der Waals surface area contributed by atoms with Crippen LogP contribution < -0.4 is 5.32 Å². The van der Waals surface area contributed by atoms with Crippen LogP contribution in [-0.2, 0) is 0 Å². The fraction of sp³-hybridized carbons (Fsp3) is 0.0667.